The molecular weight excluding hydrogens is 216 g/mol. The van der Waals surface area contributed by atoms with E-state index in [0.717, 1.165) is 17.0 Å². The van der Waals surface area contributed by atoms with Crippen LogP contribution in [0.1, 0.15) is 23.9 Å². The van der Waals surface area contributed by atoms with Crippen LogP contribution in [0.2, 0.25) is 0 Å². The lowest BCUT2D eigenvalue weighted by molar-refractivity contribution is -0.139. The number of carbonyl (C=O) groups excluding carboxylic acids is 1. The number of aliphatic carboxylic acids is 1. The smallest absolute Gasteiger partial charge is 0.312 e. The van der Waals surface area contributed by atoms with Gasteiger partial charge in [-0.25, -0.2) is 4.98 Å². The van der Waals surface area contributed by atoms with Crippen molar-refractivity contribution in [3.8, 4) is 0 Å². The molecule has 0 spiro atoms. The second kappa shape index (κ2) is 4.88. The number of anilines is 1. The predicted octanol–water partition coefficient (Wildman–Crippen LogP) is 1.43. The number of thiazole rings is 1. The van der Waals surface area contributed by atoms with Crippen LogP contribution in [0, 0.1) is 6.92 Å². The molecule has 0 aliphatic rings. The molecule has 0 saturated carbocycles. The second-order valence-corrected chi connectivity index (χ2v) is 4.20. The van der Waals surface area contributed by atoms with Gasteiger partial charge >= 0.3 is 5.97 Å². The number of aromatic nitrogens is 1. The molecule has 0 saturated heterocycles. The maximum atomic E-state index is 11.1. The van der Waals surface area contributed by atoms with Crippen molar-refractivity contribution in [2.75, 3.05) is 5.32 Å². The average molecular weight is 228 g/mol. The summed E-state index contributed by atoms with van der Waals surface area (Å²) >= 11 is 1.36. The van der Waals surface area contributed by atoms with Gasteiger partial charge in [0.05, 0.1) is 5.69 Å². The standard InChI is InChI=1S/C9H12N2O3S/c1-3-6-5(2)15-9(10-6)11-7(12)4-8(13)14/h3-4H2,1-2H3,(H,13,14)(H,10,11,12). The number of hydrogen-bond donors (Lipinski definition) is 2. The molecule has 15 heavy (non-hydrogen) atoms. The summed E-state index contributed by atoms with van der Waals surface area (Å²) < 4.78 is 0. The van der Waals surface area contributed by atoms with Gasteiger partial charge in [0.1, 0.15) is 6.42 Å². The summed E-state index contributed by atoms with van der Waals surface area (Å²) in [5, 5.41) is 11.3. The van der Waals surface area contributed by atoms with Gasteiger partial charge in [0.2, 0.25) is 5.91 Å². The van der Waals surface area contributed by atoms with Crippen molar-refractivity contribution in [3.05, 3.63) is 10.6 Å². The Labute approximate surface area is 91.1 Å². The first kappa shape index (κ1) is 11.6. The van der Waals surface area contributed by atoms with Crippen LogP contribution in [0.25, 0.3) is 0 Å². The van der Waals surface area contributed by atoms with Gasteiger partial charge in [0.15, 0.2) is 5.13 Å². The zero-order valence-corrected chi connectivity index (χ0v) is 9.35. The van der Waals surface area contributed by atoms with Crippen LogP contribution in [-0.2, 0) is 16.0 Å². The Morgan fingerprint density at radius 3 is 2.67 bits per heavy atom. The number of amides is 1. The number of carboxylic acid groups (broad SMARTS) is 1. The SMILES string of the molecule is CCc1nc(NC(=O)CC(=O)O)sc1C. The van der Waals surface area contributed by atoms with Crippen molar-refractivity contribution >= 4 is 28.3 Å². The van der Waals surface area contributed by atoms with E-state index in [9.17, 15) is 9.59 Å². The Bertz CT molecular complexity index is 387. The fraction of sp³-hybridized carbons (Fsp3) is 0.444. The number of hydrogen-bond acceptors (Lipinski definition) is 4. The maximum absolute atomic E-state index is 11.1. The van der Waals surface area contributed by atoms with Crippen LogP contribution in [0.15, 0.2) is 0 Å². The quantitative estimate of drug-likeness (QED) is 0.764. The van der Waals surface area contributed by atoms with Gasteiger partial charge in [0.25, 0.3) is 0 Å². The first-order chi connectivity index (χ1) is 7.02. The number of carboxylic acids is 1. The number of rotatable bonds is 4. The summed E-state index contributed by atoms with van der Waals surface area (Å²) in [6.45, 7) is 3.90. The minimum absolute atomic E-state index is 0.468. The predicted molar refractivity (Wildman–Crippen MR) is 57.1 cm³/mol. The largest absolute Gasteiger partial charge is 0.481 e. The molecule has 0 unspecified atom stereocenters. The minimum Gasteiger partial charge on any atom is -0.481 e. The topological polar surface area (TPSA) is 79.3 Å². The first-order valence-corrected chi connectivity index (χ1v) is 5.32. The van der Waals surface area contributed by atoms with Crippen LogP contribution >= 0.6 is 11.3 Å². The molecule has 1 aromatic rings. The lowest BCUT2D eigenvalue weighted by Gasteiger charge is -1.96. The van der Waals surface area contributed by atoms with E-state index < -0.39 is 18.3 Å². The lowest BCUT2D eigenvalue weighted by atomic mass is 10.3. The number of aryl methyl sites for hydroxylation is 2. The molecule has 6 heteroatoms. The summed E-state index contributed by atoms with van der Waals surface area (Å²) in [6.07, 6.45) is 0.275. The van der Waals surface area contributed by atoms with Gasteiger partial charge in [-0.1, -0.05) is 6.92 Å². The van der Waals surface area contributed by atoms with E-state index in [1.54, 1.807) is 0 Å². The van der Waals surface area contributed by atoms with Crippen LogP contribution < -0.4 is 5.32 Å². The van der Waals surface area contributed by atoms with Crippen molar-refractivity contribution < 1.29 is 14.7 Å². The summed E-state index contributed by atoms with van der Waals surface area (Å²) in [7, 11) is 0. The third-order valence-corrected chi connectivity index (χ3v) is 2.71. The van der Waals surface area contributed by atoms with E-state index in [4.69, 9.17) is 5.11 Å². The van der Waals surface area contributed by atoms with Gasteiger partial charge in [-0.2, -0.15) is 0 Å². The summed E-state index contributed by atoms with van der Waals surface area (Å²) in [5.74, 6) is -1.68. The minimum atomic E-state index is -1.14. The molecule has 1 heterocycles. The van der Waals surface area contributed by atoms with E-state index in [2.05, 4.69) is 10.3 Å². The Morgan fingerprint density at radius 2 is 2.20 bits per heavy atom. The molecule has 5 nitrogen and oxygen atoms in total. The van der Waals surface area contributed by atoms with E-state index in [1.807, 2.05) is 13.8 Å². The molecule has 2 N–H and O–H groups in total. The Kier molecular flexibility index (Phi) is 3.79. The van der Waals surface area contributed by atoms with Crippen molar-refractivity contribution in [1.82, 2.24) is 4.98 Å². The molecule has 0 aromatic carbocycles. The zero-order chi connectivity index (χ0) is 11.4. The Morgan fingerprint density at radius 1 is 1.53 bits per heavy atom. The summed E-state index contributed by atoms with van der Waals surface area (Å²) in [4.78, 5) is 26.6. The maximum Gasteiger partial charge on any atom is 0.312 e. The fourth-order valence-electron chi connectivity index (χ4n) is 1.11. The highest BCUT2D eigenvalue weighted by Gasteiger charge is 2.11. The molecule has 1 rings (SSSR count). The van der Waals surface area contributed by atoms with Crippen molar-refractivity contribution in [2.24, 2.45) is 0 Å². The Hall–Kier alpha value is -1.43. The lowest BCUT2D eigenvalue weighted by Crippen LogP contribution is -2.15. The highest BCUT2D eigenvalue weighted by Crippen LogP contribution is 2.22. The normalized spacial score (nSPS) is 10.0. The van der Waals surface area contributed by atoms with Crippen molar-refractivity contribution in [1.29, 1.82) is 0 Å². The van der Waals surface area contributed by atoms with Crippen LogP contribution in [0.5, 0.6) is 0 Å². The monoisotopic (exact) mass is 228 g/mol. The third kappa shape index (κ3) is 3.32. The summed E-state index contributed by atoms with van der Waals surface area (Å²) in [6, 6.07) is 0. The first-order valence-electron chi connectivity index (χ1n) is 4.51. The van der Waals surface area contributed by atoms with Gasteiger partial charge in [0, 0.05) is 4.88 Å². The van der Waals surface area contributed by atoms with Gasteiger partial charge < -0.3 is 10.4 Å². The second-order valence-electron chi connectivity index (χ2n) is 2.99. The molecule has 82 valence electrons. The molecule has 0 aliphatic carbocycles. The van der Waals surface area contributed by atoms with E-state index in [-0.39, 0.29) is 0 Å². The molecule has 0 atom stereocenters. The molecule has 1 aromatic heterocycles. The van der Waals surface area contributed by atoms with Gasteiger partial charge in [-0.05, 0) is 13.3 Å². The van der Waals surface area contributed by atoms with Gasteiger partial charge in [-0.3, -0.25) is 9.59 Å². The summed E-state index contributed by atoms with van der Waals surface area (Å²) in [5.41, 5.74) is 0.936. The molecule has 0 bridgehead atoms. The van der Waals surface area contributed by atoms with Crippen LogP contribution in [0.4, 0.5) is 5.13 Å². The highest BCUT2D eigenvalue weighted by molar-refractivity contribution is 7.15. The molecule has 0 radical (unpaired) electrons. The number of nitrogens with zero attached hydrogens (tertiary/aromatic N) is 1. The number of carbonyl (C=O) groups is 2. The Balaban J connectivity index is 2.64. The number of nitrogens with one attached hydrogen (secondary N) is 1. The van der Waals surface area contributed by atoms with E-state index >= 15 is 0 Å². The third-order valence-electron chi connectivity index (χ3n) is 1.79. The fourth-order valence-corrected chi connectivity index (χ4v) is 2.03. The highest BCUT2D eigenvalue weighted by atomic mass is 32.1. The molecule has 1 amide bonds. The van der Waals surface area contributed by atoms with E-state index in [0.29, 0.717) is 5.13 Å². The van der Waals surface area contributed by atoms with Crippen molar-refractivity contribution in [2.45, 2.75) is 26.7 Å². The average Bonchev–Trinajstić information content (AvgIpc) is 2.44. The van der Waals surface area contributed by atoms with Crippen molar-refractivity contribution in [3.63, 3.8) is 0 Å². The molecular formula is C9H12N2O3S. The van der Waals surface area contributed by atoms with Crippen LogP contribution in [-0.4, -0.2) is 22.0 Å². The van der Waals surface area contributed by atoms with Crippen LogP contribution in [0.3, 0.4) is 0 Å². The van der Waals surface area contributed by atoms with Gasteiger partial charge in [-0.15, -0.1) is 11.3 Å². The molecule has 0 aliphatic heterocycles. The zero-order valence-electron chi connectivity index (χ0n) is 8.53. The molecule has 0 fully saturated rings. The van der Waals surface area contributed by atoms with E-state index in [1.165, 1.54) is 11.3 Å².